The van der Waals surface area contributed by atoms with Crippen LogP contribution in [0, 0.1) is 0 Å². The standard InChI is InChI=1S/C14H10N2O3/c17-13-10-5-1-2-6-11(10)14(18)16(13)9-19-12-7-3-4-8-15-12/h1-8H,9H2. The largest absolute Gasteiger partial charge is 0.456 e. The first-order chi connectivity index (χ1) is 9.27. The summed E-state index contributed by atoms with van der Waals surface area (Å²) in [6, 6.07) is 11.9. The third kappa shape index (κ3) is 1.95. The number of imide groups is 1. The molecule has 0 unspecified atom stereocenters. The van der Waals surface area contributed by atoms with E-state index in [2.05, 4.69) is 4.98 Å². The van der Waals surface area contributed by atoms with Gasteiger partial charge in [-0.15, -0.1) is 0 Å². The average molecular weight is 254 g/mol. The summed E-state index contributed by atoms with van der Waals surface area (Å²) < 4.78 is 5.34. The van der Waals surface area contributed by atoms with E-state index in [4.69, 9.17) is 4.74 Å². The molecule has 0 atom stereocenters. The maximum absolute atomic E-state index is 12.0. The summed E-state index contributed by atoms with van der Waals surface area (Å²) in [6.45, 7) is -0.136. The maximum atomic E-state index is 12.0. The van der Waals surface area contributed by atoms with Gasteiger partial charge in [0.05, 0.1) is 11.1 Å². The molecule has 0 aliphatic carbocycles. The van der Waals surface area contributed by atoms with E-state index in [0.29, 0.717) is 17.0 Å². The van der Waals surface area contributed by atoms with E-state index in [-0.39, 0.29) is 18.5 Å². The fourth-order valence-electron chi connectivity index (χ4n) is 1.92. The summed E-state index contributed by atoms with van der Waals surface area (Å²) >= 11 is 0. The highest BCUT2D eigenvalue weighted by atomic mass is 16.5. The molecule has 19 heavy (non-hydrogen) atoms. The summed E-state index contributed by atoms with van der Waals surface area (Å²) in [5.74, 6) is -0.299. The van der Waals surface area contributed by atoms with Crippen LogP contribution < -0.4 is 4.74 Å². The Morgan fingerprint density at radius 3 is 2.16 bits per heavy atom. The zero-order valence-electron chi connectivity index (χ0n) is 9.95. The van der Waals surface area contributed by atoms with Crippen LogP contribution in [0.5, 0.6) is 5.88 Å². The van der Waals surface area contributed by atoms with Crippen molar-refractivity contribution >= 4 is 11.8 Å². The van der Waals surface area contributed by atoms with Gasteiger partial charge in [0, 0.05) is 12.3 Å². The van der Waals surface area contributed by atoms with Crippen LogP contribution in [-0.4, -0.2) is 28.4 Å². The van der Waals surface area contributed by atoms with E-state index < -0.39 is 0 Å². The molecule has 2 heterocycles. The second kappa shape index (κ2) is 4.53. The van der Waals surface area contributed by atoms with E-state index in [0.717, 1.165) is 4.90 Å². The lowest BCUT2D eigenvalue weighted by Gasteiger charge is -2.13. The van der Waals surface area contributed by atoms with Crippen molar-refractivity contribution in [2.75, 3.05) is 6.73 Å². The van der Waals surface area contributed by atoms with Crippen molar-refractivity contribution in [3.05, 3.63) is 59.8 Å². The Morgan fingerprint density at radius 1 is 0.947 bits per heavy atom. The SMILES string of the molecule is O=C1c2ccccc2C(=O)N1COc1ccccn1. The molecule has 0 bridgehead atoms. The van der Waals surface area contributed by atoms with Gasteiger partial charge in [-0.25, -0.2) is 9.88 Å². The van der Waals surface area contributed by atoms with Crippen molar-refractivity contribution in [1.82, 2.24) is 9.88 Å². The van der Waals surface area contributed by atoms with Gasteiger partial charge in [0.25, 0.3) is 11.8 Å². The summed E-state index contributed by atoms with van der Waals surface area (Å²) in [5.41, 5.74) is 0.828. The van der Waals surface area contributed by atoms with Gasteiger partial charge in [0.15, 0.2) is 6.73 Å². The molecular weight excluding hydrogens is 244 g/mol. The van der Waals surface area contributed by atoms with Crippen molar-refractivity contribution in [2.45, 2.75) is 0 Å². The van der Waals surface area contributed by atoms with Gasteiger partial charge < -0.3 is 4.74 Å². The van der Waals surface area contributed by atoms with Crippen molar-refractivity contribution in [3.63, 3.8) is 0 Å². The molecule has 0 fully saturated rings. The van der Waals surface area contributed by atoms with Crippen LogP contribution in [-0.2, 0) is 0 Å². The first kappa shape index (κ1) is 11.4. The Kier molecular flexibility index (Phi) is 2.72. The highest BCUT2D eigenvalue weighted by Crippen LogP contribution is 2.22. The fourth-order valence-corrected chi connectivity index (χ4v) is 1.92. The number of hydrogen-bond acceptors (Lipinski definition) is 4. The fraction of sp³-hybridized carbons (Fsp3) is 0.0714. The van der Waals surface area contributed by atoms with E-state index in [9.17, 15) is 9.59 Å². The molecule has 5 heteroatoms. The number of rotatable bonds is 3. The van der Waals surface area contributed by atoms with Crippen LogP contribution in [0.25, 0.3) is 0 Å². The Bertz CT molecular complexity index is 605. The molecule has 0 radical (unpaired) electrons. The van der Waals surface area contributed by atoms with Crippen LogP contribution in [0.3, 0.4) is 0 Å². The maximum Gasteiger partial charge on any atom is 0.264 e. The topological polar surface area (TPSA) is 59.5 Å². The lowest BCUT2D eigenvalue weighted by molar-refractivity contribution is 0.0517. The van der Waals surface area contributed by atoms with Crippen LogP contribution in [0.15, 0.2) is 48.7 Å². The molecule has 2 aromatic rings. The molecule has 1 aliphatic heterocycles. The number of amides is 2. The van der Waals surface area contributed by atoms with Crippen molar-refractivity contribution in [2.24, 2.45) is 0 Å². The molecule has 5 nitrogen and oxygen atoms in total. The predicted molar refractivity (Wildman–Crippen MR) is 66.7 cm³/mol. The molecule has 1 aromatic heterocycles. The third-order valence-electron chi connectivity index (χ3n) is 2.86. The van der Waals surface area contributed by atoms with Crippen molar-refractivity contribution in [1.29, 1.82) is 0 Å². The van der Waals surface area contributed by atoms with Crippen LogP contribution in [0.1, 0.15) is 20.7 Å². The first-order valence-corrected chi connectivity index (χ1v) is 5.76. The molecule has 0 saturated heterocycles. The van der Waals surface area contributed by atoms with Gasteiger partial charge in [0.2, 0.25) is 5.88 Å². The van der Waals surface area contributed by atoms with Gasteiger partial charge in [-0.2, -0.15) is 0 Å². The zero-order valence-corrected chi connectivity index (χ0v) is 9.95. The number of aromatic nitrogens is 1. The number of pyridine rings is 1. The Labute approximate surface area is 109 Å². The minimum absolute atomic E-state index is 0.136. The Morgan fingerprint density at radius 2 is 1.58 bits per heavy atom. The highest BCUT2D eigenvalue weighted by Gasteiger charge is 2.35. The van der Waals surface area contributed by atoms with Crippen molar-refractivity contribution in [3.8, 4) is 5.88 Å². The van der Waals surface area contributed by atoms with Crippen LogP contribution in [0.2, 0.25) is 0 Å². The molecular formula is C14H10N2O3. The number of fused-ring (bicyclic) bond motifs is 1. The lowest BCUT2D eigenvalue weighted by Crippen LogP contribution is -2.33. The minimum Gasteiger partial charge on any atom is -0.456 e. The van der Waals surface area contributed by atoms with E-state index in [1.807, 2.05) is 0 Å². The molecule has 1 aromatic carbocycles. The van der Waals surface area contributed by atoms with Gasteiger partial charge in [-0.05, 0) is 18.2 Å². The molecule has 0 spiro atoms. The molecule has 1 aliphatic rings. The lowest BCUT2D eigenvalue weighted by atomic mass is 10.1. The third-order valence-corrected chi connectivity index (χ3v) is 2.86. The van der Waals surface area contributed by atoms with Gasteiger partial charge >= 0.3 is 0 Å². The predicted octanol–water partition coefficient (Wildman–Crippen LogP) is 1.71. The normalized spacial score (nSPS) is 13.6. The molecule has 0 N–H and O–H groups in total. The molecule has 0 saturated carbocycles. The number of benzene rings is 1. The van der Waals surface area contributed by atoms with Gasteiger partial charge in [-0.1, -0.05) is 18.2 Å². The average Bonchev–Trinajstić information content (AvgIpc) is 2.71. The van der Waals surface area contributed by atoms with Gasteiger partial charge in [-0.3, -0.25) is 9.59 Å². The quantitative estimate of drug-likeness (QED) is 0.782. The van der Waals surface area contributed by atoms with Gasteiger partial charge in [0.1, 0.15) is 0 Å². The van der Waals surface area contributed by atoms with Crippen molar-refractivity contribution < 1.29 is 14.3 Å². The number of carbonyl (C=O) groups is 2. The summed E-state index contributed by atoms with van der Waals surface area (Å²) in [7, 11) is 0. The summed E-state index contributed by atoms with van der Waals surface area (Å²) in [4.78, 5) is 29.1. The van der Waals surface area contributed by atoms with E-state index in [1.165, 1.54) is 0 Å². The van der Waals surface area contributed by atoms with Crippen LogP contribution >= 0.6 is 0 Å². The monoisotopic (exact) mass is 254 g/mol. The van der Waals surface area contributed by atoms with E-state index >= 15 is 0 Å². The van der Waals surface area contributed by atoms with Crippen LogP contribution in [0.4, 0.5) is 0 Å². The second-order valence-corrected chi connectivity index (χ2v) is 4.03. The molecule has 2 amide bonds. The number of carbonyl (C=O) groups excluding carboxylic acids is 2. The Balaban J connectivity index is 1.78. The second-order valence-electron chi connectivity index (χ2n) is 4.03. The summed E-state index contributed by atoms with van der Waals surface area (Å²) in [6.07, 6.45) is 1.58. The minimum atomic E-state index is -0.337. The smallest absolute Gasteiger partial charge is 0.264 e. The highest BCUT2D eigenvalue weighted by molar-refractivity contribution is 6.21. The van der Waals surface area contributed by atoms with E-state index in [1.54, 1.807) is 48.7 Å². The number of hydrogen-bond donors (Lipinski definition) is 0. The number of ether oxygens (including phenoxy) is 1. The summed E-state index contributed by atoms with van der Waals surface area (Å²) in [5, 5.41) is 0. The zero-order chi connectivity index (χ0) is 13.2. The molecule has 3 rings (SSSR count). The number of nitrogens with zero attached hydrogens (tertiary/aromatic N) is 2. The Hall–Kier alpha value is -2.69. The first-order valence-electron chi connectivity index (χ1n) is 5.76. The molecule has 94 valence electrons.